The number of carbonyl (C=O) groups excluding carboxylic acids is 1. The number of hydrogen-bond acceptors (Lipinski definition) is 5. The van der Waals surface area contributed by atoms with Crippen LogP contribution in [0.25, 0.3) is 0 Å². The van der Waals surface area contributed by atoms with Crippen LogP contribution in [0.2, 0.25) is 0 Å². The second-order valence-electron chi connectivity index (χ2n) is 6.87. The number of amides is 1. The summed E-state index contributed by atoms with van der Waals surface area (Å²) < 4.78 is 32.7. The predicted molar refractivity (Wildman–Crippen MR) is 97.1 cm³/mol. The van der Waals surface area contributed by atoms with E-state index in [1.54, 1.807) is 19.1 Å². The Morgan fingerprint density at radius 2 is 1.85 bits per heavy atom. The SMILES string of the molecule is Cc1ccc(C(=O)N2CCOCC2C(=O)O)cc1S(=O)(=O)N1CCCCC1. The fraction of sp³-hybridized carbons (Fsp3) is 0.556. The van der Waals surface area contributed by atoms with Gasteiger partial charge in [0.15, 0.2) is 6.04 Å². The molecule has 0 aromatic heterocycles. The number of carboxylic acids is 1. The average Bonchev–Trinajstić information content (AvgIpc) is 2.68. The van der Waals surface area contributed by atoms with Crippen LogP contribution in [0.3, 0.4) is 0 Å². The first-order valence-electron chi connectivity index (χ1n) is 9.04. The lowest BCUT2D eigenvalue weighted by Gasteiger charge is -2.33. The van der Waals surface area contributed by atoms with E-state index in [4.69, 9.17) is 4.74 Å². The summed E-state index contributed by atoms with van der Waals surface area (Å²) in [5, 5.41) is 9.33. The minimum absolute atomic E-state index is 0.0775. The van der Waals surface area contributed by atoms with Crippen LogP contribution in [0, 0.1) is 6.92 Å². The van der Waals surface area contributed by atoms with Gasteiger partial charge >= 0.3 is 5.97 Å². The minimum atomic E-state index is -3.69. The lowest BCUT2D eigenvalue weighted by Crippen LogP contribution is -2.52. The second kappa shape index (κ2) is 7.95. The third-order valence-electron chi connectivity index (χ3n) is 5.04. The molecule has 1 aromatic rings. The van der Waals surface area contributed by atoms with E-state index in [1.807, 2.05) is 0 Å². The van der Waals surface area contributed by atoms with Gasteiger partial charge in [0, 0.05) is 25.2 Å². The maximum absolute atomic E-state index is 13.0. The maximum Gasteiger partial charge on any atom is 0.328 e. The zero-order valence-corrected chi connectivity index (χ0v) is 16.1. The highest BCUT2D eigenvalue weighted by Gasteiger charge is 2.34. The molecule has 2 heterocycles. The lowest BCUT2D eigenvalue weighted by atomic mass is 10.1. The summed E-state index contributed by atoms with van der Waals surface area (Å²) in [6.45, 7) is 2.97. The molecule has 0 bridgehead atoms. The van der Waals surface area contributed by atoms with E-state index in [0.29, 0.717) is 18.7 Å². The van der Waals surface area contributed by atoms with Gasteiger partial charge in [0.25, 0.3) is 5.91 Å². The highest BCUT2D eigenvalue weighted by atomic mass is 32.2. The summed E-state index contributed by atoms with van der Waals surface area (Å²) in [5.74, 6) is -1.64. The highest BCUT2D eigenvalue weighted by Crippen LogP contribution is 2.25. The van der Waals surface area contributed by atoms with Crippen LogP contribution >= 0.6 is 0 Å². The molecule has 8 nitrogen and oxygen atoms in total. The van der Waals surface area contributed by atoms with Crippen molar-refractivity contribution < 1.29 is 27.9 Å². The minimum Gasteiger partial charge on any atom is -0.480 e. The van der Waals surface area contributed by atoms with E-state index in [2.05, 4.69) is 0 Å². The second-order valence-corrected chi connectivity index (χ2v) is 8.78. The molecule has 2 aliphatic rings. The van der Waals surface area contributed by atoms with E-state index >= 15 is 0 Å². The molecule has 9 heteroatoms. The van der Waals surface area contributed by atoms with Crippen molar-refractivity contribution in [2.75, 3.05) is 32.8 Å². The van der Waals surface area contributed by atoms with Gasteiger partial charge in [0.2, 0.25) is 10.0 Å². The van der Waals surface area contributed by atoms with Gasteiger partial charge in [0.05, 0.1) is 18.1 Å². The fourth-order valence-electron chi connectivity index (χ4n) is 3.47. The van der Waals surface area contributed by atoms with E-state index in [-0.39, 0.29) is 30.2 Å². The van der Waals surface area contributed by atoms with Gasteiger partial charge in [-0.2, -0.15) is 4.31 Å². The number of ether oxygens (including phenoxy) is 1. The summed E-state index contributed by atoms with van der Waals surface area (Å²) >= 11 is 0. The first-order valence-corrected chi connectivity index (χ1v) is 10.5. The molecule has 2 fully saturated rings. The van der Waals surface area contributed by atoms with Gasteiger partial charge in [0.1, 0.15) is 0 Å². The van der Waals surface area contributed by atoms with Gasteiger partial charge in [-0.3, -0.25) is 4.79 Å². The monoisotopic (exact) mass is 396 g/mol. The number of nitrogens with zero attached hydrogens (tertiary/aromatic N) is 2. The van der Waals surface area contributed by atoms with E-state index in [0.717, 1.165) is 19.3 Å². The van der Waals surface area contributed by atoms with Crippen molar-refractivity contribution in [1.29, 1.82) is 0 Å². The Balaban J connectivity index is 1.92. The lowest BCUT2D eigenvalue weighted by molar-refractivity contribution is -0.147. The largest absolute Gasteiger partial charge is 0.480 e. The van der Waals surface area contributed by atoms with Gasteiger partial charge in [-0.05, 0) is 37.5 Å². The summed E-state index contributed by atoms with van der Waals surface area (Å²) in [6, 6.07) is 3.44. The molecule has 0 spiro atoms. The average molecular weight is 396 g/mol. The maximum atomic E-state index is 13.0. The van der Waals surface area contributed by atoms with Crippen LogP contribution in [-0.4, -0.2) is 73.5 Å². The molecular weight excluding hydrogens is 372 g/mol. The van der Waals surface area contributed by atoms with Crippen LogP contribution in [0.4, 0.5) is 0 Å². The molecule has 2 saturated heterocycles. The number of carboxylic acid groups (broad SMARTS) is 1. The number of hydrogen-bond donors (Lipinski definition) is 1. The van der Waals surface area contributed by atoms with Crippen molar-refractivity contribution in [3.8, 4) is 0 Å². The smallest absolute Gasteiger partial charge is 0.328 e. The molecule has 1 unspecified atom stereocenters. The van der Waals surface area contributed by atoms with Crippen molar-refractivity contribution >= 4 is 21.9 Å². The van der Waals surface area contributed by atoms with Crippen molar-refractivity contribution in [1.82, 2.24) is 9.21 Å². The number of carbonyl (C=O) groups is 2. The van der Waals surface area contributed by atoms with Crippen molar-refractivity contribution in [3.63, 3.8) is 0 Å². The number of aliphatic carboxylic acids is 1. The van der Waals surface area contributed by atoms with E-state index in [9.17, 15) is 23.1 Å². The number of morpholine rings is 1. The Kier molecular flexibility index (Phi) is 5.83. The zero-order valence-electron chi connectivity index (χ0n) is 15.3. The van der Waals surface area contributed by atoms with Crippen molar-refractivity contribution in [2.24, 2.45) is 0 Å². The topological polar surface area (TPSA) is 104 Å². The van der Waals surface area contributed by atoms with Crippen molar-refractivity contribution in [3.05, 3.63) is 29.3 Å². The van der Waals surface area contributed by atoms with Gasteiger partial charge < -0.3 is 14.7 Å². The normalized spacial score (nSPS) is 21.8. The summed E-state index contributed by atoms with van der Waals surface area (Å²) in [4.78, 5) is 25.6. The molecule has 1 atom stereocenters. The predicted octanol–water partition coefficient (Wildman–Crippen LogP) is 1.10. The summed E-state index contributed by atoms with van der Waals surface area (Å²) in [7, 11) is -3.69. The molecule has 148 valence electrons. The Hall–Kier alpha value is -1.97. The standard InChI is InChI=1S/C18H24N2O6S/c1-13-5-6-14(17(21)20-9-10-26-12-15(20)18(22)23)11-16(13)27(24,25)19-7-3-2-4-8-19/h5-6,11,15H,2-4,7-10,12H2,1H3,(H,22,23). The number of piperidine rings is 1. The summed E-state index contributed by atoms with van der Waals surface area (Å²) in [5.41, 5.74) is 0.734. The first-order chi connectivity index (χ1) is 12.8. The first kappa shape index (κ1) is 19.8. The number of sulfonamides is 1. The third kappa shape index (κ3) is 3.99. The number of rotatable bonds is 4. The molecule has 27 heavy (non-hydrogen) atoms. The zero-order chi connectivity index (χ0) is 19.6. The molecular formula is C18H24N2O6S. The van der Waals surface area contributed by atoms with Crippen LogP contribution in [0.15, 0.2) is 23.1 Å². The molecule has 0 radical (unpaired) electrons. The molecule has 0 saturated carbocycles. The molecule has 1 N–H and O–H groups in total. The molecule has 2 aliphatic heterocycles. The number of aryl methyl sites for hydroxylation is 1. The van der Waals surface area contributed by atoms with Crippen molar-refractivity contribution in [2.45, 2.75) is 37.1 Å². The van der Waals surface area contributed by atoms with Crippen LogP contribution in [0.1, 0.15) is 35.2 Å². The molecule has 3 rings (SSSR count). The Morgan fingerprint density at radius 3 is 2.52 bits per heavy atom. The molecule has 1 aromatic carbocycles. The molecule has 1 amide bonds. The Bertz CT molecular complexity index is 832. The van der Waals surface area contributed by atoms with Crippen LogP contribution in [-0.2, 0) is 19.6 Å². The van der Waals surface area contributed by atoms with Gasteiger partial charge in [-0.1, -0.05) is 12.5 Å². The van der Waals surface area contributed by atoms with E-state index in [1.165, 1.54) is 15.3 Å². The van der Waals surface area contributed by atoms with Gasteiger partial charge in [-0.25, -0.2) is 13.2 Å². The Labute approximate surface area is 158 Å². The van der Waals surface area contributed by atoms with Crippen LogP contribution in [0.5, 0.6) is 0 Å². The third-order valence-corrected chi connectivity index (χ3v) is 7.08. The number of benzene rings is 1. The fourth-order valence-corrected chi connectivity index (χ4v) is 5.24. The Morgan fingerprint density at radius 1 is 1.15 bits per heavy atom. The van der Waals surface area contributed by atoms with Gasteiger partial charge in [-0.15, -0.1) is 0 Å². The van der Waals surface area contributed by atoms with E-state index < -0.39 is 27.9 Å². The molecule has 0 aliphatic carbocycles. The summed E-state index contributed by atoms with van der Waals surface area (Å²) in [6.07, 6.45) is 2.66. The van der Waals surface area contributed by atoms with Crippen LogP contribution < -0.4 is 0 Å². The highest BCUT2D eigenvalue weighted by molar-refractivity contribution is 7.89. The quantitative estimate of drug-likeness (QED) is 0.817.